The third-order valence-electron chi connectivity index (χ3n) is 3.08. The molecule has 0 atom stereocenters. The van der Waals surface area contributed by atoms with Crippen molar-refractivity contribution in [2.24, 2.45) is 0 Å². The van der Waals surface area contributed by atoms with Gasteiger partial charge in [0, 0.05) is 29.7 Å². The first-order valence-electron chi connectivity index (χ1n) is 6.37. The number of thiophene rings is 1. The Kier molecular flexibility index (Phi) is 4.86. The summed E-state index contributed by atoms with van der Waals surface area (Å²) in [6.07, 6.45) is 0. The van der Waals surface area contributed by atoms with Crippen molar-refractivity contribution in [1.29, 1.82) is 0 Å². The van der Waals surface area contributed by atoms with Crippen molar-refractivity contribution in [3.63, 3.8) is 0 Å². The maximum Gasteiger partial charge on any atom is 0.0931 e. The molecule has 2 nitrogen and oxygen atoms in total. The summed E-state index contributed by atoms with van der Waals surface area (Å²) in [6.45, 7) is 6.28. The molecule has 0 unspecified atom stereocenters. The topological polar surface area (TPSA) is 29.3 Å². The summed E-state index contributed by atoms with van der Waals surface area (Å²) >= 11 is 7.64. The Hall–Kier alpha value is -1.03. The van der Waals surface area contributed by atoms with Crippen molar-refractivity contribution in [3.05, 3.63) is 51.2 Å². The minimum absolute atomic E-state index is 0.485. The molecule has 0 bridgehead atoms. The fourth-order valence-corrected chi connectivity index (χ4v) is 3.03. The van der Waals surface area contributed by atoms with E-state index in [9.17, 15) is 0 Å². The highest BCUT2D eigenvalue weighted by atomic mass is 35.5. The lowest BCUT2D eigenvalue weighted by atomic mass is 10.1. The molecule has 0 aliphatic rings. The van der Waals surface area contributed by atoms with Crippen LogP contribution in [0.25, 0.3) is 0 Å². The number of anilines is 1. The van der Waals surface area contributed by atoms with Crippen LogP contribution in [0.1, 0.15) is 24.3 Å². The molecule has 1 heterocycles. The zero-order chi connectivity index (χ0) is 13.8. The van der Waals surface area contributed by atoms with Crippen molar-refractivity contribution in [2.45, 2.75) is 33.0 Å². The zero-order valence-corrected chi connectivity index (χ0v) is 12.8. The predicted octanol–water partition coefficient (Wildman–Crippen LogP) is 4.39. The number of nitrogens with zero attached hydrogens (tertiary/aromatic N) is 1. The summed E-state index contributed by atoms with van der Waals surface area (Å²) in [5.41, 5.74) is 7.81. The maximum atomic E-state index is 5.99. The van der Waals surface area contributed by atoms with Gasteiger partial charge < -0.3 is 5.73 Å². The lowest BCUT2D eigenvalue weighted by Gasteiger charge is -2.26. The second kappa shape index (κ2) is 6.42. The van der Waals surface area contributed by atoms with E-state index in [1.165, 1.54) is 10.4 Å². The molecule has 4 heteroatoms. The van der Waals surface area contributed by atoms with E-state index in [0.717, 1.165) is 23.1 Å². The van der Waals surface area contributed by atoms with Crippen LogP contribution in [0.15, 0.2) is 36.4 Å². The molecule has 0 radical (unpaired) electrons. The number of hydrogen-bond donors (Lipinski definition) is 1. The van der Waals surface area contributed by atoms with Gasteiger partial charge in [-0.15, -0.1) is 11.3 Å². The highest BCUT2D eigenvalue weighted by Crippen LogP contribution is 2.24. The highest BCUT2D eigenvalue weighted by Gasteiger charge is 2.12. The third-order valence-corrected chi connectivity index (χ3v) is 4.30. The second-order valence-electron chi connectivity index (χ2n) is 4.95. The molecule has 0 spiro atoms. The Balaban J connectivity index is 2.06. The monoisotopic (exact) mass is 294 g/mol. The number of nitrogens with two attached hydrogens (primary N) is 1. The van der Waals surface area contributed by atoms with Gasteiger partial charge in [-0.3, -0.25) is 4.90 Å². The van der Waals surface area contributed by atoms with Crippen LogP contribution in [0.5, 0.6) is 0 Å². The first-order valence-corrected chi connectivity index (χ1v) is 7.56. The Bertz CT molecular complexity index is 519. The van der Waals surface area contributed by atoms with Gasteiger partial charge >= 0.3 is 0 Å². The summed E-state index contributed by atoms with van der Waals surface area (Å²) in [5.74, 6) is 0. The van der Waals surface area contributed by atoms with Crippen LogP contribution in [0.4, 0.5) is 5.69 Å². The second-order valence-corrected chi connectivity index (χ2v) is 6.75. The number of rotatable bonds is 5. The molecule has 0 fully saturated rings. The molecule has 102 valence electrons. The van der Waals surface area contributed by atoms with Crippen LogP contribution >= 0.6 is 22.9 Å². The van der Waals surface area contributed by atoms with Crippen LogP contribution in [-0.2, 0) is 13.1 Å². The molecule has 0 aliphatic carbocycles. The molecular weight excluding hydrogens is 276 g/mol. The van der Waals surface area contributed by atoms with Gasteiger partial charge in [0.15, 0.2) is 0 Å². The van der Waals surface area contributed by atoms with Crippen LogP contribution in [0.3, 0.4) is 0 Å². The fraction of sp³-hybridized carbons (Fsp3) is 0.333. The Morgan fingerprint density at radius 3 is 2.32 bits per heavy atom. The smallest absolute Gasteiger partial charge is 0.0931 e. The molecule has 2 aromatic rings. The fourth-order valence-electron chi connectivity index (χ4n) is 1.92. The molecule has 0 saturated heterocycles. The number of nitrogen functional groups attached to an aromatic ring is 1. The first kappa shape index (κ1) is 14.4. The van der Waals surface area contributed by atoms with Gasteiger partial charge in [0.1, 0.15) is 0 Å². The van der Waals surface area contributed by atoms with E-state index in [0.29, 0.717) is 6.04 Å². The van der Waals surface area contributed by atoms with Crippen molar-refractivity contribution in [1.82, 2.24) is 4.90 Å². The maximum absolute atomic E-state index is 5.99. The van der Waals surface area contributed by atoms with Gasteiger partial charge in [-0.2, -0.15) is 0 Å². The van der Waals surface area contributed by atoms with Crippen LogP contribution in [0, 0.1) is 0 Å². The van der Waals surface area contributed by atoms with Crippen LogP contribution in [-0.4, -0.2) is 10.9 Å². The average Bonchev–Trinajstić information content (AvgIpc) is 2.76. The molecule has 0 aliphatic heterocycles. The lowest BCUT2D eigenvalue weighted by molar-refractivity contribution is 0.205. The van der Waals surface area contributed by atoms with Crippen molar-refractivity contribution >= 4 is 28.6 Å². The molecule has 2 rings (SSSR count). The normalized spacial score (nSPS) is 11.4. The van der Waals surface area contributed by atoms with E-state index < -0.39 is 0 Å². The number of hydrogen-bond acceptors (Lipinski definition) is 3. The molecular formula is C15H19ClN2S. The van der Waals surface area contributed by atoms with Gasteiger partial charge in [-0.25, -0.2) is 0 Å². The average molecular weight is 295 g/mol. The van der Waals surface area contributed by atoms with E-state index in [1.807, 2.05) is 18.2 Å². The van der Waals surface area contributed by atoms with Gasteiger partial charge in [0.05, 0.1) is 4.34 Å². The van der Waals surface area contributed by atoms with Crippen molar-refractivity contribution < 1.29 is 0 Å². The molecule has 1 aromatic carbocycles. The predicted molar refractivity (Wildman–Crippen MR) is 84.6 cm³/mol. The summed E-state index contributed by atoms with van der Waals surface area (Å²) in [6, 6.07) is 12.6. The SMILES string of the molecule is CC(C)N(Cc1ccc(N)cc1)Cc1ccc(Cl)s1. The lowest BCUT2D eigenvalue weighted by Crippen LogP contribution is -2.29. The van der Waals surface area contributed by atoms with Gasteiger partial charge in [0.2, 0.25) is 0 Å². The quantitative estimate of drug-likeness (QED) is 0.829. The Labute approximate surface area is 123 Å². The van der Waals surface area contributed by atoms with Gasteiger partial charge in [0.25, 0.3) is 0 Å². The summed E-state index contributed by atoms with van der Waals surface area (Å²) in [5, 5.41) is 0. The van der Waals surface area contributed by atoms with Crippen molar-refractivity contribution in [2.75, 3.05) is 5.73 Å². The van der Waals surface area contributed by atoms with E-state index in [-0.39, 0.29) is 0 Å². The molecule has 1 aromatic heterocycles. The Morgan fingerprint density at radius 1 is 1.11 bits per heavy atom. The minimum atomic E-state index is 0.485. The minimum Gasteiger partial charge on any atom is -0.399 e. The summed E-state index contributed by atoms with van der Waals surface area (Å²) < 4.78 is 0.853. The van der Waals surface area contributed by atoms with E-state index in [2.05, 4.69) is 36.9 Å². The summed E-state index contributed by atoms with van der Waals surface area (Å²) in [4.78, 5) is 3.72. The molecule has 0 saturated carbocycles. The number of halogens is 1. The van der Waals surface area contributed by atoms with Crippen LogP contribution < -0.4 is 5.73 Å². The largest absolute Gasteiger partial charge is 0.399 e. The van der Waals surface area contributed by atoms with Gasteiger partial charge in [-0.05, 0) is 43.7 Å². The Morgan fingerprint density at radius 2 is 1.79 bits per heavy atom. The van der Waals surface area contributed by atoms with Gasteiger partial charge in [-0.1, -0.05) is 23.7 Å². The zero-order valence-electron chi connectivity index (χ0n) is 11.3. The van der Waals surface area contributed by atoms with E-state index in [1.54, 1.807) is 11.3 Å². The summed E-state index contributed by atoms with van der Waals surface area (Å²) in [7, 11) is 0. The van der Waals surface area contributed by atoms with E-state index >= 15 is 0 Å². The molecule has 0 amide bonds. The third kappa shape index (κ3) is 4.23. The van der Waals surface area contributed by atoms with E-state index in [4.69, 9.17) is 17.3 Å². The molecule has 19 heavy (non-hydrogen) atoms. The molecule has 2 N–H and O–H groups in total. The number of benzene rings is 1. The first-order chi connectivity index (χ1) is 9.04. The standard InChI is InChI=1S/C15H19ClN2S/c1-11(2)18(10-14-7-8-15(16)19-14)9-12-3-5-13(17)6-4-12/h3-8,11H,9-10,17H2,1-2H3. The van der Waals surface area contributed by atoms with Crippen LogP contribution in [0.2, 0.25) is 4.34 Å². The highest BCUT2D eigenvalue weighted by molar-refractivity contribution is 7.16. The van der Waals surface area contributed by atoms with Crippen molar-refractivity contribution in [3.8, 4) is 0 Å².